The molecule has 0 fully saturated rings. The quantitative estimate of drug-likeness (QED) is 0.121. The number of para-hydroxylation sites is 1. The van der Waals surface area contributed by atoms with Crippen LogP contribution in [-0.2, 0) is 37.3 Å². The molecule has 3 heterocycles. The van der Waals surface area contributed by atoms with Crippen molar-refractivity contribution in [1.29, 1.82) is 0 Å². The van der Waals surface area contributed by atoms with Gasteiger partial charge in [0.05, 0.1) is 0 Å². The van der Waals surface area contributed by atoms with Gasteiger partial charge in [0.2, 0.25) is 0 Å². The summed E-state index contributed by atoms with van der Waals surface area (Å²) in [7, 11) is 0. The number of nitrogens with zero attached hydrogens (tertiary/aromatic N) is 4. The molecular weight excluding hydrogens is 1070 g/mol. The summed E-state index contributed by atoms with van der Waals surface area (Å²) in [6.45, 7) is 29.7. The van der Waals surface area contributed by atoms with Crippen LogP contribution < -0.4 is 14.5 Å². The van der Waals surface area contributed by atoms with E-state index < -0.39 is 0 Å². The predicted octanol–water partition coefficient (Wildman–Crippen LogP) is 17.6. The van der Waals surface area contributed by atoms with Crippen molar-refractivity contribution in [2.24, 2.45) is 5.41 Å². The largest absolute Gasteiger partial charge is 0.509 e. The molecule has 10 rings (SSSR count). The van der Waals surface area contributed by atoms with Crippen LogP contribution in [0.25, 0.3) is 38.8 Å². The van der Waals surface area contributed by atoms with Gasteiger partial charge in [-0.05, 0) is 92.2 Å². The minimum atomic E-state index is -0.270. The fraction of sp³-hybridized carbons (Fsp3) is 0.254. The first-order valence-corrected chi connectivity index (χ1v) is 25.5. The molecule has 0 radical (unpaired) electrons. The summed E-state index contributed by atoms with van der Waals surface area (Å²) in [6.07, 6.45) is 4.22. The zero-order valence-corrected chi connectivity index (χ0v) is 46.7. The third kappa shape index (κ3) is 9.94. The molecule has 1 aliphatic heterocycles. The van der Waals surface area contributed by atoms with Crippen LogP contribution in [0.15, 0.2) is 182 Å². The number of pyridine rings is 1. The number of anilines is 2. The Hall–Kier alpha value is -6.68. The summed E-state index contributed by atoms with van der Waals surface area (Å²) in [5, 5.41) is 2.23. The first-order chi connectivity index (χ1) is 34.3. The fourth-order valence-electron chi connectivity index (χ4n) is 10.3. The van der Waals surface area contributed by atoms with Crippen LogP contribution in [0.4, 0.5) is 11.4 Å². The van der Waals surface area contributed by atoms with E-state index in [4.69, 9.17) is 9.72 Å². The van der Waals surface area contributed by atoms with E-state index in [0.717, 1.165) is 55.8 Å². The second-order valence-electron chi connectivity index (χ2n) is 23.0. The molecule has 0 amide bonds. The molecule has 0 spiro atoms. The Morgan fingerprint density at radius 1 is 0.548 bits per heavy atom. The molecule has 73 heavy (non-hydrogen) atoms. The van der Waals surface area contributed by atoms with Gasteiger partial charge in [-0.25, -0.2) is 4.98 Å². The van der Waals surface area contributed by atoms with E-state index in [0.29, 0.717) is 17.4 Å². The van der Waals surface area contributed by atoms with Gasteiger partial charge < -0.3 is 19.1 Å². The van der Waals surface area contributed by atoms with E-state index in [1.165, 1.54) is 33.4 Å². The van der Waals surface area contributed by atoms with Crippen molar-refractivity contribution in [3.63, 3.8) is 0 Å². The second-order valence-corrected chi connectivity index (χ2v) is 23.0. The van der Waals surface area contributed by atoms with Gasteiger partial charge >= 0.3 is 0 Å². The van der Waals surface area contributed by atoms with Crippen molar-refractivity contribution in [3.8, 4) is 28.4 Å². The summed E-state index contributed by atoms with van der Waals surface area (Å²) in [6, 6.07) is 66.6. The SMILES string of the molecule is CC(C)c1ccccc1-c1cc(Oc2[c-]c3c(cc2)c2ccccc2n3-c2cc(C(C)(C)C)ccn2)[c-]c(N2[CH-]N(c3cc(C(C)(C)c4ccccc4)cc(C(C)(C)c4ccccc4)c3)C=C2C(C)(C)C)c1.[Pt]. The van der Waals surface area contributed by atoms with Crippen molar-refractivity contribution < 1.29 is 25.8 Å². The number of rotatable bonds is 11. The van der Waals surface area contributed by atoms with Crippen molar-refractivity contribution >= 4 is 33.2 Å². The van der Waals surface area contributed by atoms with Gasteiger partial charge in [0, 0.05) is 71.9 Å². The molecule has 2 aromatic heterocycles. The van der Waals surface area contributed by atoms with Gasteiger partial charge in [0.1, 0.15) is 5.82 Å². The molecule has 9 aromatic rings. The predicted molar refractivity (Wildman–Crippen MR) is 301 cm³/mol. The summed E-state index contributed by atoms with van der Waals surface area (Å²) >= 11 is 0. The molecule has 6 heteroatoms. The molecule has 0 bridgehead atoms. The minimum Gasteiger partial charge on any atom is -0.509 e. The van der Waals surface area contributed by atoms with E-state index in [9.17, 15) is 0 Å². The number of hydrogen-bond acceptors (Lipinski definition) is 4. The summed E-state index contributed by atoms with van der Waals surface area (Å²) in [4.78, 5) is 9.54. The fourth-order valence-corrected chi connectivity index (χ4v) is 10.3. The van der Waals surface area contributed by atoms with Crippen LogP contribution in [0.2, 0.25) is 0 Å². The van der Waals surface area contributed by atoms with Crippen molar-refractivity contribution in [3.05, 3.63) is 234 Å². The maximum atomic E-state index is 7.02. The number of fused-ring (bicyclic) bond motifs is 3. The Morgan fingerprint density at radius 3 is 1.79 bits per heavy atom. The van der Waals surface area contributed by atoms with Crippen LogP contribution in [0.5, 0.6) is 11.5 Å². The first-order valence-electron chi connectivity index (χ1n) is 25.5. The summed E-state index contributed by atoms with van der Waals surface area (Å²) in [5.74, 6) is 2.36. The van der Waals surface area contributed by atoms with Gasteiger partial charge in [-0.1, -0.05) is 198 Å². The smallest absolute Gasteiger partial charge is 0.135 e. The summed E-state index contributed by atoms with van der Waals surface area (Å²) in [5.41, 5.74) is 14.0. The van der Waals surface area contributed by atoms with Gasteiger partial charge in [-0.15, -0.1) is 53.6 Å². The van der Waals surface area contributed by atoms with Crippen LogP contribution in [0.1, 0.15) is 122 Å². The van der Waals surface area contributed by atoms with Gasteiger partial charge in [-0.2, -0.15) is 6.07 Å². The zero-order chi connectivity index (χ0) is 50.7. The average Bonchev–Trinajstić information content (AvgIpc) is 3.98. The van der Waals surface area contributed by atoms with E-state index >= 15 is 0 Å². The molecule has 0 saturated carbocycles. The Bertz CT molecular complexity index is 3410. The van der Waals surface area contributed by atoms with Gasteiger partial charge in [0.25, 0.3) is 0 Å². The topological polar surface area (TPSA) is 33.5 Å². The van der Waals surface area contributed by atoms with Crippen LogP contribution >= 0.6 is 0 Å². The standard InChI is InChI=1S/C67H67N4O.Pt/c1-45(2)56-27-19-20-28-57(56)46-35-53(41-55(36-46)72-54-31-32-59-58-29-21-22-30-60(58)71(61(59)42-54)63-40-49(33-34-68-63)64(3,4)5)70-44-69(43-62(70)65(6,7)8)52-38-50(66(9,10)47-23-15-13-16-24-47)37-51(39-52)67(11,12)48-25-17-14-18-26-48;/h13-40,43-45H,1-12H3;/q-3;. The van der Waals surface area contributed by atoms with Gasteiger partial charge in [-0.3, -0.25) is 0 Å². The van der Waals surface area contributed by atoms with Crippen LogP contribution in [0.3, 0.4) is 0 Å². The molecule has 1 aliphatic rings. The molecule has 0 atom stereocenters. The maximum Gasteiger partial charge on any atom is 0.135 e. The molecule has 0 N–H and O–H groups in total. The van der Waals surface area contributed by atoms with Crippen molar-refractivity contribution in [1.82, 2.24) is 9.55 Å². The van der Waals surface area contributed by atoms with Crippen LogP contribution in [0, 0.1) is 24.2 Å². The van der Waals surface area contributed by atoms with Crippen molar-refractivity contribution in [2.75, 3.05) is 9.80 Å². The molecule has 7 aromatic carbocycles. The minimum absolute atomic E-state index is 0. The second kappa shape index (κ2) is 19.6. The maximum absolute atomic E-state index is 7.02. The Morgan fingerprint density at radius 2 is 1.16 bits per heavy atom. The first kappa shape index (κ1) is 51.2. The number of hydrogen-bond donors (Lipinski definition) is 0. The van der Waals surface area contributed by atoms with Gasteiger partial charge in [0.15, 0.2) is 0 Å². The van der Waals surface area contributed by atoms with E-state index in [2.05, 4.69) is 280 Å². The molecule has 0 unspecified atom stereocenters. The van der Waals surface area contributed by atoms with E-state index in [1.54, 1.807) is 0 Å². The van der Waals surface area contributed by atoms with E-state index in [-0.39, 0.29) is 42.7 Å². The number of aromatic nitrogens is 2. The third-order valence-corrected chi connectivity index (χ3v) is 14.8. The monoisotopic (exact) mass is 1140 g/mol. The van der Waals surface area contributed by atoms with Crippen molar-refractivity contribution in [2.45, 2.75) is 105 Å². The number of allylic oxidation sites excluding steroid dienone is 1. The number of ether oxygens (including phenoxy) is 1. The molecule has 0 aliphatic carbocycles. The van der Waals surface area contributed by atoms with E-state index in [1.807, 2.05) is 12.3 Å². The molecule has 374 valence electrons. The average molecular weight is 1140 g/mol. The third-order valence-electron chi connectivity index (χ3n) is 14.8. The Balaban J connectivity index is 0.00000656. The molecular formula is C67H67N4OPt-3. The number of benzene rings is 7. The molecule has 5 nitrogen and oxygen atoms in total. The Kier molecular flexibility index (Phi) is 13.8. The summed E-state index contributed by atoms with van der Waals surface area (Å²) < 4.78 is 9.23. The Labute approximate surface area is 448 Å². The molecule has 0 saturated heterocycles. The normalized spacial score (nSPS) is 13.5. The zero-order valence-electron chi connectivity index (χ0n) is 44.4. The van der Waals surface area contributed by atoms with Crippen LogP contribution in [-0.4, -0.2) is 9.55 Å².